The second-order valence-electron chi connectivity index (χ2n) is 6.99. The molecule has 0 spiro atoms. The van der Waals surface area contributed by atoms with E-state index in [9.17, 15) is 19.5 Å². The van der Waals surface area contributed by atoms with Crippen LogP contribution in [0.2, 0.25) is 0 Å². The van der Waals surface area contributed by atoms with Crippen molar-refractivity contribution in [1.82, 2.24) is 0 Å². The predicted octanol–water partition coefficient (Wildman–Crippen LogP) is 1.14. The topological polar surface area (TPSA) is 119 Å². The average Bonchev–Trinajstić information content (AvgIpc) is 2.96. The first-order valence-electron chi connectivity index (χ1n) is 9.27. The third-order valence-corrected chi connectivity index (χ3v) is 4.83. The SMILES string of the molecule is C=C(CO)C(=O)O[C@H]1C/C(COC(C)=O)=C/CC/C(CO)=C/[C@H]2OC(=O)C(=C)[C@H]12. The molecule has 1 fully saturated rings. The van der Waals surface area contributed by atoms with Gasteiger partial charge < -0.3 is 24.4 Å². The fraction of sp³-hybridized carbons (Fsp3) is 0.476. The second-order valence-corrected chi connectivity index (χ2v) is 6.99. The highest BCUT2D eigenvalue weighted by molar-refractivity contribution is 5.92. The number of aliphatic hydroxyl groups excluding tert-OH is 2. The Morgan fingerprint density at radius 2 is 2.03 bits per heavy atom. The van der Waals surface area contributed by atoms with Crippen molar-refractivity contribution in [2.75, 3.05) is 19.8 Å². The van der Waals surface area contributed by atoms with Crippen LogP contribution < -0.4 is 0 Å². The normalized spacial score (nSPS) is 28.2. The number of carbonyl (C=O) groups excluding carboxylic acids is 3. The third kappa shape index (κ3) is 5.88. The molecule has 1 heterocycles. The number of carbonyl (C=O) groups is 3. The van der Waals surface area contributed by atoms with Crippen LogP contribution in [-0.2, 0) is 28.6 Å². The van der Waals surface area contributed by atoms with Gasteiger partial charge in [-0.3, -0.25) is 4.79 Å². The molecule has 0 aromatic heterocycles. The Morgan fingerprint density at radius 1 is 1.31 bits per heavy atom. The van der Waals surface area contributed by atoms with Gasteiger partial charge in [-0.25, -0.2) is 9.59 Å². The highest BCUT2D eigenvalue weighted by Crippen LogP contribution is 2.36. The van der Waals surface area contributed by atoms with Crippen LogP contribution in [0.5, 0.6) is 0 Å². The smallest absolute Gasteiger partial charge is 0.336 e. The molecule has 1 aliphatic carbocycles. The molecular weight excluding hydrogens is 380 g/mol. The Labute approximate surface area is 169 Å². The Balaban J connectivity index is 2.41. The minimum atomic E-state index is -0.870. The van der Waals surface area contributed by atoms with Crippen LogP contribution in [-0.4, -0.2) is 60.1 Å². The van der Waals surface area contributed by atoms with Gasteiger partial charge in [0.2, 0.25) is 0 Å². The van der Waals surface area contributed by atoms with Crippen molar-refractivity contribution in [3.05, 3.63) is 47.6 Å². The van der Waals surface area contributed by atoms with Crippen LogP contribution in [0.25, 0.3) is 0 Å². The van der Waals surface area contributed by atoms with E-state index in [4.69, 9.17) is 19.3 Å². The van der Waals surface area contributed by atoms with E-state index in [2.05, 4.69) is 13.2 Å². The van der Waals surface area contributed by atoms with E-state index >= 15 is 0 Å². The van der Waals surface area contributed by atoms with Crippen LogP contribution in [0, 0.1) is 5.92 Å². The van der Waals surface area contributed by atoms with Gasteiger partial charge in [0.15, 0.2) is 0 Å². The summed E-state index contributed by atoms with van der Waals surface area (Å²) in [6, 6.07) is 0. The van der Waals surface area contributed by atoms with Gasteiger partial charge in [0.25, 0.3) is 0 Å². The molecule has 2 aliphatic rings. The van der Waals surface area contributed by atoms with E-state index in [-0.39, 0.29) is 30.8 Å². The zero-order chi connectivity index (χ0) is 21.6. The summed E-state index contributed by atoms with van der Waals surface area (Å²) in [7, 11) is 0. The number of ether oxygens (including phenoxy) is 3. The monoisotopic (exact) mass is 406 g/mol. The number of hydrogen-bond donors (Lipinski definition) is 2. The Hall–Kier alpha value is -2.71. The Bertz CT molecular complexity index is 761. The van der Waals surface area contributed by atoms with E-state index in [0.29, 0.717) is 24.0 Å². The summed E-state index contributed by atoms with van der Waals surface area (Å²) in [6.45, 7) is 7.75. The Morgan fingerprint density at radius 3 is 2.66 bits per heavy atom. The molecule has 0 bridgehead atoms. The maximum absolute atomic E-state index is 12.3. The molecule has 2 rings (SSSR count). The van der Waals surface area contributed by atoms with Gasteiger partial charge in [0.05, 0.1) is 24.7 Å². The van der Waals surface area contributed by atoms with Crippen molar-refractivity contribution in [2.45, 2.75) is 38.4 Å². The molecule has 1 aliphatic heterocycles. The number of allylic oxidation sites excluding steroid dienone is 1. The number of fused-ring (bicyclic) bond motifs is 1. The summed E-state index contributed by atoms with van der Waals surface area (Å²) < 4.78 is 16.0. The van der Waals surface area contributed by atoms with Crippen LogP contribution >= 0.6 is 0 Å². The summed E-state index contributed by atoms with van der Waals surface area (Å²) in [5.41, 5.74) is 1.37. The van der Waals surface area contributed by atoms with Crippen LogP contribution in [0.4, 0.5) is 0 Å². The number of hydrogen-bond acceptors (Lipinski definition) is 8. The van der Waals surface area contributed by atoms with E-state index in [1.807, 2.05) is 6.08 Å². The van der Waals surface area contributed by atoms with Crippen molar-refractivity contribution < 1.29 is 38.8 Å². The summed E-state index contributed by atoms with van der Waals surface area (Å²) in [5.74, 6) is -2.57. The lowest BCUT2D eigenvalue weighted by molar-refractivity contribution is -0.148. The average molecular weight is 406 g/mol. The van der Waals surface area contributed by atoms with Gasteiger partial charge in [-0.2, -0.15) is 0 Å². The lowest BCUT2D eigenvalue weighted by atomic mass is 9.85. The summed E-state index contributed by atoms with van der Waals surface area (Å²) in [6.07, 6.45) is 3.15. The quantitative estimate of drug-likeness (QED) is 0.292. The number of esters is 3. The first-order valence-corrected chi connectivity index (χ1v) is 9.27. The molecule has 1 saturated heterocycles. The van der Waals surface area contributed by atoms with E-state index < -0.39 is 42.6 Å². The third-order valence-electron chi connectivity index (χ3n) is 4.83. The van der Waals surface area contributed by atoms with Crippen molar-refractivity contribution in [3.8, 4) is 0 Å². The van der Waals surface area contributed by atoms with Crippen LogP contribution in [0.15, 0.2) is 47.6 Å². The minimum absolute atomic E-state index is 0.00116. The first kappa shape index (κ1) is 22.6. The highest BCUT2D eigenvalue weighted by Gasteiger charge is 2.44. The standard InChI is InChI=1S/C21H26O8/c1-12(9-22)20(25)28-18-8-16(11-27-14(3)24)6-4-5-15(10-23)7-17-19(18)13(2)21(26)29-17/h6-7,17-19,22-23H,1-2,4-5,8-11H2,3H3/b15-7-,16-6-/t17-,18+,19+/m1/s1. The van der Waals surface area contributed by atoms with E-state index in [1.54, 1.807) is 6.08 Å². The second kappa shape index (κ2) is 10.2. The van der Waals surface area contributed by atoms with Crippen LogP contribution in [0.1, 0.15) is 26.2 Å². The maximum atomic E-state index is 12.3. The molecule has 0 radical (unpaired) electrons. The molecule has 2 N–H and O–H groups in total. The molecule has 158 valence electrons. The molecule has 0 aromatic carbocycles. The van der Waals surface area contributed by atoms with Gasteiger partial charge in [0, 0.05) is 18.9 Å². The molecule has 0 amide bonds. The van der Waals surface area contributed by atoms with E-state index in [1.165, 1.54) is 6.92 Å². The summed E-state index contributed by atoms with van der Waals surface area (Å²) in [4.78, 5) is 35.7. The molecule has 8 nitrogen and oxygen atoms in total. The number of aliphatic hydroxyl groups is 2. The largest absolute Gasteiger partial charge is 0.461 e. The molecule has 29 heavy (non-hydrogen) atoms. The van der Waals surface area contributed by atoms with Gasteiger partial charge in [-0.1, -0.05) is 19.2 Å². The lowest BCUT2D eigenvalue weighted by Gasteiger charge is -2.28. The zero-order valence-electron chi connectivity index (χ0n) is 16.4. The Kier molecular flexibility index (Phi) is 7.92. The maximum Gasteiger partial charge on any atom is 0.336 e. The molecule has 0 unspecified atom stereocenters. The first-order chi connectivity index (χ1) is 13.8. The molecule has 0 aromatic rings. The van der Waals surface area contributed by atoms with Crippen molar-refractivity contribution in [3.63, 3.8) is 0 Å². The molecule has 8 heteroatoms. The summed E-state index contributed by atoms with van der Waals surface area (Å²) >= 11 is 0. The van der Waals surface area contributed by atoms with Gasteiger partial charge in [-0.15, -0.1) is 0 Å². The summed E-state index contributed by atoms with van der Waals surface area (Å²) in [5, 5.41) is 18.8. The van der Waals surface area contributed by atoms with Crippen LogP contribution in [0.3, 0.4) is 0 Å². The van der Waals surface area contributed by atoms with Crippen molar-refractivity contribution in [1.29, 1.82) is 0 Å². The zero-order valence-corrected chi connectivity index (χ0v) is 16.4. The lowest BCUT2D eigenvalue weighted by Crippen LogP contribution is -2.34. The van der Waals surface area contributed by atoms with Gasteiger partial charge in [0.1, 0.15) is 18.8 Å². The molecule has 3 atom stereocenters. The predicted molar refractivity (Wildman–Crippen MR) is 102 cm³/mol. The number of rotatable bonds is 6. The fourth-order valence-corrected chi connectivity index (χ4v) is 3.27. The van der Waals surface area contributed by atoms with Crippen molar-refractivity contribution >= 4 is 17.9 Å². The van der Waals surface area contributed by atoms with E-state index in [0.717, 1.165) is 0 Å². The molecule has 0 saturated carbocycles. The van der Waals surface area contributed by atoms with Crippen molar-refractivity contribution in [2.24, 2.45) is 5.92 Å². The fourth-order valence-electron chi connectivity index (χ4n) is 3.27. The molecular formula is C21H26O8. The van der Waals surface area contributed by atoms with Gasteiger partial charge >= 0.3 is 17.9 Å². The van der Waals surface area contributed by atoms with Gasteiger partial charge in [-0.05, 0) is 30.1 Å². The minimum Gasteiger partial charge on any atom is -0.461 e. The highest BCUT2D eigenvalue weighted by atomic mass is 16.6.